The molecule has 0 spiro atoms. The van der Waals surface area contributed by atoms with Crippen LogP contribution >= 0.6 is 11.6 Å². The van der Waals surface area contributed by atoms with Crippen molar-refractivity contribution in [3.8, 4) is 0 Å². The first-order valence-corrected chi connectivity index (χ1v) is 9.49. The maximum absolute atomic E-state index is 12.6. The number of anilines is 2. The fourth-order valence-corrected chi connectivity index (χ4v) is 3.33. The first-order valence-electron chi connectivity index (χ1n) is 9.11. The third-order valence-electron chi connectivity index (χ3n) is 4.62. The second-order valence-electron chi connectivity index (χ2n) is 6.87. The van der Waals surface area contributed by atoms with Crippen molar-refractivity contribution in [2.24, 2.45) is 5.92 Å². The predicted octanol–water partition coefficient (Wildman–Crippen LogP) is 3.33. The van der Waals surface area contributed by atoms with E-state index in [-0.39, 0.29) is 30.1 Å². The number of rotatable bonds is 6. The molecule has 0 saturated carbocycles. The summed E-state index contributed by atoms with van der Waals surface area (Å²) >= 11 is 5.89. The number of hydrogen-bond acceptors (Lipinski definition) is 3. The van der Waals surface area contributed by atoms with E-state index in [0.717, 1.165) is 12.0 Å². The van der Waals surface area contributed by atoms with Gasteiger partial charge in [0.05, 0.1) is 5.92 Å². The van der Waals surface area contributed by atoms with Crippen LogP contribution in [0.25, 0.3) is 0 Å². The molecule has 1 unspecified atom stereocenters. The van der Waals surface area contributed by atoms with Gasteiger partial charge in [0.2, 0.25) is 17.7 Å². The third-order valence-corrected chi connectivity index (χ3v) is 4.87. The van der Waals surface area contributed by atoms with Crippen molar-refractivity contribution in [1.82, 2.24) is 4.90 Å². The lowest BCUT2D eigenvalue weighted by atomic mass is 10.1. The molecule has 2 aromatic rings. The highest BCUT2D eigenvalue weighted by Crippen LogP contribution is 2.22. The number of carbonyl (C=O) groups is 3. The summed E-state index contributed by atoms with van der Waals surface area (Å²) in [4.78, 5) is 37.7. The molecular weight excluding hydrogens is 378 g/mol. The van der Waals surface area contributed by atoms with Crippen LogP contribution in [-0.2, 0) is 20.8 Å². The van der Waals surface area contributed by atoms with Crippen LogP contribution in [0.1, 0.15) is 18.9 Å². The first kappa shape index (κ1) is 19.9. The molecule has 0 bridgehead atoms. The summed E-state index contributed by atoms with van der Waals surface area (Å²) in [6.07, 6.45) is 0.924. The van der Waals surface area contributed by atoms with Gasteiger partial charge in [-0.05, 0) is 42.3 Å². The van der Waals surface area contributed by atoms with Gasteiger partial charge in [-0.3, -0.25) is 14.4 Å². The lowest BCUT2D eigenvalue weighted by molar-refractivity contribution is -0.128. The van der Waals surface area contributed by atoms with Crippen molar-refractivity contribution in [3.05, 3.63) is 59.1 Å². The first-order chi connectivity index (χ1) is 13.4. The number of nitrogens with one attached hydrogen (secondary N) is 2. The average molecular weight is 400 g/mol. The number of benzene rings is 2. The molecule has 3 amide bonds. The SMILES string of the molecule is CC(=O)Nc1cccc(NC(=O)C2CC(=O)N(CCc3ccc(Cl)cc3)C2)c1. The van der Waals surface area contributed by atoms with Gasteiger partial charge in [-0.25, -0.2) is 0 Å². The molecule has 1 atom stereocenters. The number of amides is 3. The second-order valence-corrected chi connectivity index (χ2v) is 7.30. The number of likely N-dealkylation sites (tertiary alicyclic amines) is 1. The predicted molar refractivity (Wildman–Crippen MR) is 109 cm³/mol. The second kappa shape index (κ2) is 8.89. The molecule has 2 N–H and O–H groups in total. The Morgan fingerprint density at radius 3 is 2.46 bits per heavy atom. The monoisotopic (exact) mass is 399 g/mol. The summed E-state index contributed by atoms with van der Waals surface area (Å²) in [6.45, 7) is 2.40. The zero-order valence-electron chi connectivity index (χ0n) is 15.6. The van der Waals surface area contributed by atoms with Gasteiger partial charge in [0, 0.05) is 42.8 Å². The quantitative estimate of drug-likeness (QED) is 0.782. The molecule has 0 aromatic heterocycles. The highest BCUT2D eigenvalue weighted by atomic mass is 35.5. The Labute approximate surface area is 168 Å². The molecule has 3 rings (SSSR count). The number of carbonyl (C=O) groups excluding carboxylic acids is 3. The summed E-state index contributed by atoms with van der Waals surface area (Å²) in [5.74, 6) is -0.772. The van der Waals surface area contributed by atoms with Crippen molar-refractivity contribution in [1.29, 1.82) is 0 Å². The van der Waals surface area contributed by atoms with E-state index in [1.165, 1.54) is 6.92 Å². The van der Waals surface area contributed by atoms with Gasteiger partial charge in [-0.1, -0.05) is 29.8 Å². The normalized spacial score (nSPS) is 16.1. The lowest BCUT2D eigenvalue weighted by Gasteiger charge is -2.17. The highest BCUT2D eigenvalue weighted by Gasteiger charge is 2.34. The minimum Gasteiger partial charge on any atom is -0.342 e. The fraction of sp³-hybridized carbons (Fsp3) is 0.286. The summed E-state index contributed by atoms with van der Waals surface area (Å²) in [6, 6.07) is 14.5. The topological polar surface area (TPSA) is 78.5 Å². The van der Waals surface area contributed by atoms with E-state index in [4.69, 9.17) is 11.6 Å². The van der Waals surface area contributed by atoms with E-state index in [0.29, 0.717) is 29.5 Å². The minimum absolute atomic E-state index is 0.0129. The molecule has 0 radical (unpaired) electrons. The molecule has 28 heavy (non-hydrogen) atoms. The molecule has 1 aliphatic rings. The van der Waals surface area contributed by atoms with Gasteiger partial charge in [-0.2, -0.15) is 0 Å². The van der Waals surface area contributed by atoms with E-state index in [1.807, 2.05) is 24.3 Å². The van der Waals surface area contributed by atoms with Crippen LogP contribution in [0.2, 0.25) is 5.02 Å². The van der Waals surface area contributed by atoms with Crippen LogP contribution < -0.4 is 10.6 Å². The Kier molecular flexibility index (Phi) is 6.31. The van der Waals surface area contributed by atoms with Crippen molar-refractivity contribution < 1.29 is 14.4 Å². The summed E-state index contributed by atoms with van der Waals surface area (Å²) < 4.78 is 0. The molecule has 0 aliphatic carbocycles. The lowest BCUT2D eigenvalue weighted by Crippen LogP contribution is -2.30. The Balaban J connectivity index is 1.54. The molecule has 6 nitrogen and oxygen atoms in total. The van der Waals surface area contributed by atoms with Gasteiger partial charge in [0.25, 0.3) is 0 Å². The molecule has 1 fully saturated rings. The van der Waals surface area contributed by atoms with Gasteiger partial charge in [0.1, 0.15) is 0 Å². The smallest absolute Gasteiger partial charge is 0.229 e. The zero-order chi connectivity index (χ0) is 20.1. The zero-order valence-corrected chi connectivity index (χ0v) is 16.3. The molecule has 2 aromatic carbocycles. The van der Waals surface area contributed by atoms with Crippen molar-refractivity contribution >= 4 is 40.7 Å². The Morgan fingerprint density at radius 1 is 1.11 bits per heavy atom. The largest absolute Gasteiger partial charge is 0.342 e. The molecule has 7 heteroatoms. The molecule has 146 valence electrons. The molecule has 1 saturated heterocycles. The van der Waals surface area contributed by atoms with Crippen LogP contribution in [-0.4, -0.2) is 35.7 Å². The minimum atomic E-state index is -0.387. The number of nitrogens with zero attached hydrogens (tertiary/aromatic N) is 1. The Hall–Kier alpha value is -2.86. The highest BCUT2D eigenvalue weighted by molar-refractivity contribution is 6.30. The van der Waals surface area contributed by atoms with E-state index >= 15 is 0 Å². The number of hydrogen-bond donors (Lipinski definition) is 2. The van der Waals surface area contributed by atoms with Crippen LogP contribution in [0.3, 0.4) is 0 Å². The van der Waals surface area contributed by atoms with Crippen molar-refractivity contribution in [3.63, 3.8) is 0 Å². The Bertz CT molecular complexity index is 883. The molecule has 1 heterocycles. The standard InChI is InChI=1S/C21H22ClN3O3/c1-14(26)23-18-3-2-4-19(12-18)24-21(28)16-11-20(27)25(13-16)10-9-15-5-7-17(22)8-6-15/h2-8,12,16H,9-11,13H2,1H3,(H,23,26)(H,24,28). The van der Waals surface area contributed by atoms with Crippen LogP contribution in [0, 0.1) is 5.92 Å². The van der Waals surface area contributed by atoms with Gasteiger partial charge < -0.3 is 15.5 Å². The van der Waals surface area contributed by atoms with Crippen LogP contribution in [0.15, 0.2) is 48.5 Å². The summed E-state index contributed by atoms with van der Waals surface area (Å²) in [5, 5.41) is 6.19. The van der Waals surface area contributed by atoms with Crippen LogP contribution in [0.4, 0.5) is 11.4 Å². The van der Waals surface area contributed by atoms with E-state index in [1.54, 1.807) is 29.2 Å². The molecule has 1 aliphatic heterocycles. The third kappa shape index (κ3) is 5.33. The molecular formula is C21H22ClN3O3. The van der Waals surface area contributed by atoms with Gasteiger partial charge in [-0.15, -0.1) is 0 Å². The van der Waals surface area contributed by atoms with E-state index in [2.05, 4.69) is 10.6 Å². The maximum atomic E-state index is 12.6. The van der Waals surface area contributed by atoms with Crippen LogP contribution in [0.5, 0.6) is 0 Å². The Morgan fingerprint density at radius 2 is 1.79 bits per heavy atom. The van der Waals surface area contributed by atoms with Gasteiger partial charge in [0.15, 0.2) is 0 Å². The van der Waals surface area contributed by atoms with E-state index < -0.39 is 0 Å². The van der Waals surface area contributed by atoms with Crippen molar-refractivity contribution in [2.75, 3.05) is 23.7 Å². The van der Waals surface area contributed by atoms with E-state index in [9.17, 15) is 14.4 Å². The fourth-order valence-electron chi connectivity index (χ4n) is 3.20. The summed E-state index contributed by atoms with van der Waals surface area (Å²) in [5.41, 5.74) is 2.29. The van der Waals surface area contributed by atoms with Crippen molar-refractivity contribution in [2.45, 2.75) is 19.8 Å². The maximum Gasteiger partial charge on any atom is 0.229 e. The van der Waals surface area contributed by atoms with Gasteiger partial charge >= 0.3 is 0 Å². The average Bonchev–Trinajstić information content (AvgIpc) is 3.02. The summed E-state index contributed by atoms with van der Waals surface area (Å²) in [7, 11) is 0. The number of halogens is 1.